The van der Waals surface area contributed by atoms with Crippen LogP contribution in [-0.4, -0.2) is 22.6 Å². The molecule has 24 heavy (non-hydrogen) atoms. The van der Waals surface area contributed by atoms with Gasteiger partial charge in [0.25, 0.3) is 0 Å². The Balaban J connectivity index is 1.99. The molecule has 1 aliphatic rings. The van der Waals surface area contributed by atoms with Gasteiger partial charge in [0.2, 0.25) is 5.28 Å². The van der Waals surface area contributed by atoms with Crippen molar-refractivity contribution in [2.75, 3.05) is 11.4 Å². The Morgan fingerprint density at radius 3 is 2.71 bits per heavy atom. The lowest BCUT2D eigenvalue weighted by molar-refractivity contribution is 0.482. The first-order chi connectivity index (χ1) is 11.6. The Bertz CT molecular complexity index is 875. The van der Waals surface area contributed by atoms with Gasteiger partial charge in [0.05, 0.1) is 5.39 Å². The van der Waals surface area contributed by atoms with Crippen LogP contribution in [0.2, 0.25) is 5.28 Å². The molecule has 0 aliphatic carbocycles. The van der Waals surface area contributed by atoms with Gasteiger partial charge >= 0.3 is 0 Å². The summed E-state index contributed by atoms with van der Waals surface area (Å²) in [6, 6.07) is 11.0. The zero-order chi connectivity index (χ0) is 16.7. The fraction of sp³-hybridized carbons (Fsp3) is 0.368. The molecule has 4 rings (SSSR count). The van der Waals surface area contributed by atoms with E-state index in [1.165, 1.54) is 35.3 Å². The van der Waals surface area contributed by atoms with E-state index in [0.717, 1.165) is 22.6 Å². The van der Waals surface area contributed by atoms with Crippen molar-refractivity contribution in [2.24, 2.45) is 0 Å². The molecule has 1 aliphatic heterocycles. The highest BCUT2D eigenvalue weighted by Crippen LogP contribution is 2.43. The molecule has 1 saturated heterocycles. The number of rotatable bonds is 2. The van der Waals surface area contributed by atoms with Crippen LogP contribution in [0, 0.1) is 6.92 Å². The average Bonchev–Trinajstić information content (AvgIpc) is 2.91. The molecule has 0 radical (unpaired) electrons. The third kappa shape index (κ3) is 2.68. The molecular formula is C19H20ClN3S. The Hall–Kier alpha value is -1.65. The summed E-state index contributed by atoms with van der Waals surface area (Å²) in [4.78, 5) is 13.8. The Labute approximate surface area is 151 Å². The molecule has 0 bridgehead atoms. The van der Waals surface area contributed by atoms with E-state index in [4.69, 9.17) is 11.6 Å². The molecule has 1 atom stereocenters. The monoisotopic (exact) mass is 357 g/mol. The predicted molar refractivity (Wildman–Crippen MR) is 103 cm³/mol. The number of benzene rings is 1. The number of aryl methyl sites for hydroxylation is 1. The van der Waals surface area contributed by atoms with Gasteiger partial charge in [0.15, 0.2) is 0 Å². The predicted octanol–water partition coefficient (Wildman–Crippen LogP) is 5.70. The number of aromatic nitrogens is 2. The molecule has 124 valence electrons. The van der Waals surface area contributed by atoms with E-state index in [2.05, 4.69) is 53.0 Å². The minimum absolute atomic E-state index is 0.344. The van der Waals surface area contributed by atoms with Crippen LogP contribution in [0.25, 0.3) is 21.3 Å². The first-order valence-electron chi connectivity index (χ1n) is 8.44. The molecular weight excluding hydrogens is 338 g/mol. The maximum atomic E-state index is 6.26. The summed E-state index contributed by atoms with van der Waals surface area (Å²) >= 11 is 7.96. The first-order valence-corrected chi connectivity index (χ1v) is 9.63. The fourth-order valence-corrected chi connectivity index (χ4v) is 4.90. The van der Waals surface area contributed by atoms with Crippen LogP contribution < -0.4 is 4.90 Å². The van der Waals surface area contributed by atoms with Crippen molar-refractivity contribution < 1.29 is 0 Å². The second-order valence-corrected chi connectivity index (χ2v) is 7.98. The van der Waals surface area contributed by atoms with Crippen molar-refractivity contribution >= 4 is 39.0 Å². The molecule has 3 aromatic rings. The highest BCUT2D eigenvalue weighted by Gasteiger charge is 2.26. The van der Waals surface area contributed by atoms with Gasteiger partial charge in [-0.05, 0) is 50.3 Å². The topological polar surface area (TPSA) is 29.0 Å². The van der Waals surface area contributed by atoms with Crippen molar-refractivity contribution in [2.45, 2.75) is 39.2 Å². The van der Waals surface area contributed by atoms with Crippen LogP contribution in [0.1, 0.15) is 31.1 Å². The molecule has 1 aromatic carbocycles. The minimum atomic E-state index is 0.344. The van der Waals surface area contributed by atoms with E-state index >= 15 is 0 Å². The number of halogens is 1. The summed E-state index contributed by atoms with van der Waals surface area (Å²) in [6.45, 7) is 5.47. The molecule has 0 saturated carbocycles. The first kappa shape index (κ1) is 15.9. The molecule has 3 nitrogen and oxygen atoms in total. The molecule has 0 spiro atoms. The fourth-order valence-electron chi connectivity index (χ4n) is 3.64. The van der Waals surface area contributed by atoms with Gasteiger partial charge in [-0.1, -0.05) is 30.3 Å². The smallest absolute Gasteiger partial charge is 0.225 e. The van der Waals surface area contributed by atoms with Crippen molar-refractivity contribution in [3.63, 3.8) is 0 Å². The lowest BCUT2D eigenvalue weighted by Crippen LogP contribution is -2.38. The van der Waals surface area contributed by atoms with E-state index in [9.17, 15) is 0 Å². The largest absolute Gasteiger partial charge is 0.353 e. The average molecular weight is 358 g/mol. The quantitative estimate of drug-likeness (QED) is 0.551. The number of fused-ring (bicyclic) bond motifs is 1. The summed E-state index contributed by atoms with van der Waals surface area (Å²) < 4.78 is 0. The third-order valence-corrected chi connectivity index (χ3v) is 5.99. The molecule has 2 aromatic heterocycles. The van der Waals surface area contributed by atoms with Crippen molar-refractivity contribution in [3.8, 4) is 11.1 Å². The van der Waals surface area contributed by atoms with Crippen LogP contribution in [0.5, 0.6) is 0 Å². The minimum Gasteiger partial charge on any atom is -0.353 e. The van der Waals surface area contributed by atoms with E-state index in [0.29, 0.717) is 11.3 Å². The van der Waals surface area contributed by atoms with E-state index in [1.807, 2.05) is 6.07 Å². The third-order valence-electron chi connectivity index (χ3n) is 4.82. The summed E-state index contributed by atoms with van der Waals surface area (Å²) in [7, 11) is 0. The molecule has 0 amide bonds. The highest BCUT2D eigenvalue weighted by atomic mass is 35.5. The van der Waals surface area contributed by atoms with Gasteiger partial charge in [-0.15, -0.1) is 11.3 Å². The highest BCUT2D eigenvalue weighted by molar-refractivity contribution is 7.19. The molecule has 1 fully saturated rings. The van der Waals surface area contributed by atoms with Crippen LogP contribution in [0.3, 0.4) is 0 Å². The van der Waals surface area contributed by atoms with Crippen LogP contribution in [0.4, 0.5) is 5.82 Å². The maximum absolute atomic E-state index is 6.26. The second kappa shape index (κ2) is 6.34. The maximum Gasteiger partial charge on any atom is 0.225 e. The van der Waals surface area contributed by atoms with Crippen LogP contribution in [0.15, 0.2) is 30.3 Å². The van der Waals surface area contributed by atoms with E-state index < -0.39 is 0 Å². The van der Waals surface area contributed by atoms with Gasteiger partial charge < -0.3 is 4.90 Å². The lowest BCUT2D eigenvalue weighted by Gasteiger charge is -2.35. The van der Waals surface area contributed by atoms with Gasteiger partial charge in [0, 0.05) is 23.0 Å². The number of thiophene rings is 1. The van der Waals surface area contributed by atoms with Crippen molar-refractivity contribution in [1.29, 1.82) is 0 Å². The van der Waals surface area contributed by atoms with Gasteiger partial charge in [-0.2, -0.15) is 4.98 Å². The Morgan fingerprint density at radius 1 is 1.17 bits per heavy atom. The summed E-state index contributed by atoms with van der Waals surface area (Å²) in [5.74, 6) is 1.00. The zero-order valence-electron chi connectivity index (χ0n) is 13.9. The van der Waals surface area contributed by atoms with Crippen molar-refractivity contribution in [1.82, 2.24) is 9.97 Å². The number of hydrogen-bond donors (Lipinski definition) is 0. The number of hydrogen-bond acceptors (Lipinski definition) is 4. The standard InChI is InChI=1S/C19H20ClN3S/c1-12-8-6-7-11-23(12)17-16-15(14-9-4-3-5-10-14)13(2)24-18(16)22-19(20)21-17/h3-5,9-10,12H,6-8,11H2,1-2H3. The molecule has 0 N–H and O–H groups in total. The SMILES string of the molecule is Cc1sc2nc(Cl)nc(N3CCCCC3C)c2c1-c1ccccc1. The summed E-state index contributed by atoms with van der Waals surface area (Å²) in [5, 5.41) is 1.50. The van der Waals surface area contributed by atoms with Gasteiger partial charge in [-0.25, -0.2) is 4.98 Å². The van der Waals surface area contributed by atoms with Crippen LogP contribution >= 0.6 is 22.9 Å². The van der Waals surface area contributed by atoms with E-state index in [1.54, 1.807) is 11.3 Å². The summed E-state index contributed by atoms with van der Waals surface area (Å²) in [6.07, 6.45) is 3.69. The number of nitrogens with zero attached hydrogens (tertiary/aromatic N) is 3. The Kier molecular flexibility index (Phi) is 4.19. The second-order valence-electron chi connectivity index (χ2n) is 6.43. The Morgan fingerprint density at radius 2 is 1.96 bits per heavy atom. The summed E-state index contributed by atoms with van der Waals surface area (Å²) in [5.41, 5.74) is 2.47. The van der Waals surface area contributed by atoms with Gasteiger partial charge in [-0.3, -0.25) is 0 Å². The van der Waals surface area contributed by atoms with Crippen molar-refractivity contribution in [3.05, 3.63) is 40.5 Å². The lowest BCUT2D eigenvalue weighted by atomic mass is 10.0. The van der Waals surface area contributed by atoms with E-state index in [-0.39, 0.29) is 0 Å². The molecule has 5 heteroatoms. The number of anilines is 1. The molecule has 3 heterocycles. The number of piperidine rings is 1. The van der Waals surface area contributed by atoms with Gasteiger partial charge in [0.1, 0.15) is 10.6 Å². The normalized spacial score (nSPS) is 18.3. The zero-order valence-corrected chi connectivity index (χ0v) is 15.5. The molecule has 1 unspecified atom stereocenters. The van der Waals surface area contributed by atoms with Crippen LogP contribution in [-0.2, 0) is 0 Å².